The zero-order valence-corrected chi connectivity index (χ0v) is 8.05. The van der Waals surface area contributed by atoms with Gasteiger partial charge < -0.3 is 4.74 Å². The quantitative estimate of drug-likeness (QED) is 0.574. The molecule has 1 rings (SSSR count). The molecule has 66 valence electrons. The third-order valence-electron chi connectivity index (χ3n) is 2.98. The fraction of sp³-hybridized carbons (Fsp3) is 1.00. The Bertz CT molecular complexity index is 136. The number of nitrogens with zero attached hydrogens (tertiary/aromatic N) is 1. The Morgan fingerprint density at radius 3 is 2.45 bits per heavy atom. The van der Waals surface area contributed by atoms with E-state index in [4.69, 9.17) is 4.74 Å². The van der Waals surface area contributed by atoms with E-state index in [1.807, 2.05) is 0 Å². The Kier molecular flexibility index (Phi) is 2.55. The van der Waals surface area contributed by atoms with E-state index in [1.54, 1.807) is 0 Å². The summed E-state index contributed by atoms with van der Waals surface area (Å²) in [7, 11) is 4.17. The van der Waals surface area contributed by atoms with Crippen molar-refractivity contribution in [2.45, 2.75) is 32.4 Å². The number of hydrogen-bond acceptors (Lipinski definition) is 2. The second kappa shape index (κ2) is 3.11. The molecule has 1 aliphatic heterocycles. The minimum Gasteiger partial charge on any atom is -0.360 e. The van der Waals surface area contributed by atoms with Crippen LogP contribution in [0.15, 0.2) is 0 Å². The smallest absolute Gasteiger partial charge is 0.120 e. The third kappa shape index (κ3) is 1.57. The van der Waals surface area contributed by atoms with E-state index in [-0.39, 0.29) is 5.72 Å². The minimum atomic E-state index is -0.0295. The normalized spacial score (nSPS) is 39.5. The molecule has 0 N–H and O–H groups in total. The van der Waals surface area contributed by atoms with Crippen molar-refractivity contribution < 1.29 is 4.74 Å². The van der Waals surface area contributed by atoms with Crippen LogP contribution in [0.5, 0.6) is 0 Å². The van der Waals surface area contributed by atoms with Crippen LogP contribution in [0, 0.1) is 5.92 Å². The summed E-state index contributed by atoms with van der Waals surface area (Å²) >= 11 is 0. The minimum absolute atomic E-state index is 0.0295. The monoisotopic (exact) mass is 157 g/mol. The van der Waals surface area contributed by atoms with Gasteiger partial charge in [-0.1, -0.05) is 6.92 Å². The summed E-state index contributed by atoms with van der Waals surface area (Å²) in [5.74, 6) is 0.645. The molecule has 0 amide bonds. The van der Waals surface area contributed by atoms with Crippen LogP contribution in [0.4, 0.5) is 0 Å². The van der Waals surface area contributed by atoms with Crippen LogP contribution < -0.4 is 0 Å². The molecule has 0 aliphatic carbocycles. The van der Waals surface area contributed by atoms with Crippen LogP contribution in [0.3, 0.4) is 0 Å². The van der Waals surface area contributed by atoms with Crippen LogP contribution in [0.25, 0.3) is 0 Å². The predicted octanol–water partition coefficient (Wildman–Crippen LogP) is 1.71. The zero-order chi connectivity index (χ0) is 8.48. The molecule has 0 bridgehead atoms. The van der Waals surface area contributed by atoms with E-state index >= 15 is 0 Å². The summed E-state index contributed by atoms with van der Waals surface area (Å²) in [6.45, 7) is 5.36. The summed E-state index contributed by atoms with van der Waals surface area (Å²) < 4.78 is 5.77. The van der Waals surface area contributed by atoms with Gasteiger partial charge in [-0.05, 0) is 39.8 Å². The molecule has 2 nitrogen and oxygen atoms in total. The van der Waals surface area contributed by atoms with Gasteiger partial charge in [-0.2, -0.15) is 0 Å². The van der Waals surface area contributed by atoms with E-state index in [1.165, 1.54) is 12.8 Å². The highest BCUT2D eigenvalue weighted by molar-refractivity contribution is 4.81. The van der Waals surface area contributed by atoms with Crippen LogP contribution in [0.1, 0.15) is 26.7 Å². The number of rotatable bonds is 1. The van der Waals surface area contributed by atoms with Gasteiger partial charge in [0.25, 0.3) is 0 Å². The van der Waals surface area contributed by atoms with Crippen molar-refractivity contribution in [3.05, 3.63) is 0 Å². The average Bonchev–Trinajstić information content (AvgIpc) is 1.95. The van der Waals surface area contributed by atoms with Crippen molar-refractivity contribution in [3.63, 3.8) is 0 Å². The maximum absolute atomic E-state index is 5.77. The van der Waals surface area contributed by atoms with Gasteiger partial charge in [0.15, 0.2) is 0 Å². The van der Waals surface area contributed by atoms with Crippen molar-refractivity contribution >= 4 is 0 Å². The lowest BCUT2D eigenvalue weighted by Crippen LogP contribution is -2.51. The maximum atomic E-state index is 5.77. The Labute approximate surface area is 69.5 Å². The first kappa shape index (κ1) is 9.01. The molecule has 0 saturated carbocycles. The van der Waals surface area contributed by atoms with Crippen molar-refractivity contribution in [1.82, 2.24) is 4.90 Å². The van der Waals surface area contributed by atoms with Gasteiger partial charge in [-0.25, -0.2) is 0 Å². The number of hydrogen-bond donors (Lipinski definition) is 0. The molecule has 0 aromatic rings. The summed E-state index contributed by atoms with van der Waals surface area (Å²) in [6.07, 6.45) is 2.50. The van der Waals surface area contributed by atoms with E-state index < -0.39 is 0 Å². The van der Waals surface area contributed by atoms with Crippen molar-refractivity contribution in [1.29, 1.82) is 0 Å². The van der Waals surface area contributed by atoms with E-state index in [0.29, 0.717) is 5.92 Å². The third-order valence-corrected chi connectivity index (χ3v) is 2.98. The predicted molar refractivity (Wildman–Crippen MR) is 46.4 cm³/mol. The summed E-state index contributed by atoms with van der Waals surface area (Å²) in [5.41, 5.74) is -0.0295. The largest absolute Gasteiger partial charge is 0.360 e. The topological polar surface area (TPSA) is 12.5 Å². The molecule has 2 atom stereocenters. The molecule has 2 unspecified atom stereocenters. The Morgan fingerprint density at radius 1 is 1.45 bits per heavy atom. The zero-order valence-electron chi connectivity index (χ0n) is 8.05. The van der Waals surface area contributed by atoms with Crippen LogP contribution in [-0.2, 0) is 4.74 Å². The lowest BCUT2D eigenvalue weighted by molar-refractivity contribution is -0.181. The Morgan fingerprint density at radius 2 is 2.09 bits per heavy atom. The summed E-state index contributed by atoms with van der Waals surface area (Å²) in [5, 5.41) is 0. The molecular weight excluding hydrogens is 138 g/mol. The highest BCUT2D eigenvalue weighted by Gasteiger charge is 2.36. The lowest BCUT2D eigenvalue weighted by atomic mass is 9.91. The van der Waals surface area contributed by atoms with E-state index in [0.717, 1.165) is 6.61 Å². The molecule has 0 radical (unpaired) electrons. The van der Waals surface area contributed by atoms with E-state index in [2.05, 4.69) is 32.8 Å². The molecular formula is C9H19NO. The SMILES string of the molecule is CC1CCCOC1(C)N(C)C. The van der Waals surface area contributed by atoms with Gasteiger partial charge in [0.05, 0.1) is 0 Å². The van der Waals surface area contributed by atoms with E-state index in [9.17, 15) is 0 Å². The summed E-state index contributed by atoms with van der Waals surface area (Å²) in [6, 6.07) is 0. The fourth-order valence-corrected chi connectivity index (χ4v) is 1.65. The first-order valence-electron chi connectivity index (χ1n) is 4.39. The molecule has 1 heterocycles. The first-order valence-corrected chi connectivity index (χ1v) is 4.39. The second-order valence-electron chi connectivity index (χ2n) is 3.84. The molecule has 2 heteroatoms. The first-order chi connectivity index (χ1) is 5.07. The highest BCUT2D eigenvalue weighted by Crippen LogP contribution is 2.31. The molecule has 11 heavy (non-hydrogen) atoms. The molecule has 0 spiro atoms. The molecule has 1 fully saturated rings. The van der Waals surface area contributed by atoms with Crippen molar-refractivity contribution in [2.24, 2.45) is 5.92 Å². The summed E-state index contributed by atoms with van der Waals surface area (Å²) in [4.78, 5) is 2.18. The second-order valence-corrected chi connectivity index (χ2v) is 3.84. The van der Waals surface area contributed by atoms with Crippen LogP contribution in [0.2, 0.25) is 0 Å². The van der Waals surface area contributed by atoms with Crippen molar-refractivity contribution in [3.8, 4) is 0 Å². The standard InChI is InChI=1S/C9H19NO/c1-8-6-5-7-11-9(8,2)10(3)4/h8H,5-7H2,1-4H3. The van der Waals surface area contributed by atoms with Crippen LogP contribution in [-0.4, -0.2) is 31.3 Å². The van der Waals surface area contributed by atoms with Gasteiger partial charge in [-0.15, -0.1) is 0 Å². The molecule has 1 aliphatic rings. The van der Waals surface area contributed by atoms with Gasteiger partial charge in [0, 0.05) is 6.61 Å². The van der Waals surface area contributed by atoms with Crippen LogP contribution >= 0.6 is 0 Å². The van der Waals surface area contributed by atoms with Gasteiger partial charge >= 0.3 is 0 Å². The fourth-order valence-electron chi connectivity index (χ4n) is 1.65. The Balaban J connectivity index is 2.64. The highest BCUT2D eigenvalue weighted by atomic mass is 16.5. The van der Waals surface area contributed by atoms with Gasteiger partial charge in [-0.3, -0.25) is 4.90 Å². The lowest BCUT2D eigenvalue weighted by Gasteiger charge is -2.44. The average molecular weight is 157 g/mol. The number of ether oxygens (including phenoxy) is 1. The maximum Gasteiger partial charge on any atom is 0.120 e. The van der Waals surface area contributed by atoms with Gasteiger partial charge in [0.2, 0.25) is 0 Å². The molecule has 0 aromatic carbocycles. The Hall–Kier alpha value is -0.0800. The molecule has 1 saturated heterocycles. The molecule has 0 aromatic heterocycles. The van der Waals surface area contributed by atoms with Gasteiger partial charge in [0.1, 0.15) is 5.72 Å². The van der Waals surface area contributed by atoms with Crippen molar-refractivity contribution in [2.75, 3.05) is 20.7 Å².